The second-order valence-corrected chi connectivity index (χ2v) is 8.85. The number of furan rings is 1. The van der Waals surface area contributed by atoms with Crippen molar-refractivity contribution in [1.82, 2.24) is 4.90 Å². The summed E-state index contributed by atoms with van der Waals surface area (Å²) in [6.07, 6.45) is 0. The Bertz CT molecular complexity index is 1270. The fraction of sp³-hybridized carbons (Fsp3) is 0.154. The van der Waals surface area contributed by atoms with Crippen LogP contribution in [0.15, 0.2) is 87.8 Å². The number of piperazine rings is 1. The van der Waals surface area contributed by atoms with Crippen molar-refractivity contribution in [2.24, 2.45) is 0 Å². The van der Waals surface area contributed by atoms with Crippen molar-refractivity contribution in [3.8, 4) is 0 Å². The van der Waals surface area contributed by atoms with Crippen LogP contribution in [0.5, 0.6) is 0 Å². The fourth-order valence-corrected chi connectivity index (χ4v) is 4.40. The maximum Gasteiger partial charge on any atom is 0.289 e. The summed E-state index contributed by atoms with van der Waals surface area (Å²) in [5.74, 6) is 0.161. The highest BCUT2D eigenvalue weighted by Gasteiger charge is 2.24. The van der Waals surface area contributed by atoms with Crippen LogP contribution < -0.4 is 10.2 Å². The predicted molar refractivity (Wildman–Crippen MR) is 133 cm³/mol. The zero-order valence-corrected chi connectivity index (χ0v) is 19.4. The molecule has 0 radical (unpaired) electrons. The molecule has 166 valence electrons. The number of anilines is 2. The van der Waals surface area contributed by atoms with Crippen molar-refractivity contribution in [1.29, 1.82) is 0 Å². The molecular weight excluding hydrogens is 482 g/mol. The van der Waals surface area contributed by atoms with E-state index in [0.717, 1.165) is 39.9 Å². The number of nitrogens with one attached hydrogen (secondary N) is 1. The Hall–Kier alpha value is -3.58. The van der Waals surface area contributed by atoms with E-state index < -0.39 is 0 Å². The predicted octanol–water partition coefficient (Wildman–Crippen LogP) is 5.41. The molecule has 2 amide bonds. The molecule has 1 aliphatic heterocycles. The number of halogens is 1. The molecule has 1 N–H and O–H groups in total. The van der Waals surface area contributed by atoms with Crippen LogP contribution in [0.4, 0.5) is 11.4 Å². The molecule has 0 aliphatic carbocycles. The van der Waals surface area contributed by atoms with E-state index in [2.05, 4.69) is 26.1 Å². The number of benzene rings is 3. The van der Waals surface area contributed by atoms with Gasteiger partial charge in [-0.05, 0) is 54.6 Å². The van der Waals surface area contributed by atoms with Gasteiger partial charge in [0.1, 0.15) is 5.58 Å². The summed E-state index contributed by atoms with van der Waals surface area (Å²) in [5, 5.41) is 3.86. The number of rotatable bonds is 4. The fourth-order valence-electron chi connectivity index (χ4n) is 4.00. The molecule has 33 heavy (non-hydrogen) atoms. The van der Waals surface area contributed by atoms with Crippen molar-refractivity contribution < 1.29 is 14.0 Å². The van der Waals surface area contributed by atoms with Crippen molar-refractivity contribution in [3.63, 3.8) is 0 Å². The first kappa shape index (κ1) is 21.3. The molecule has 5 rings (SSSR count). The molecule has 0 atom stereocenters. The first-order valence-electron chi connectivity index (χ1n) is 10.8. The van der Waals surface area contributed by atoms with Gasteiger partial charge in [-0.15, -0.1) is 0 Å². The van der Waals surface area contributed by atoms with Crippen LogP contribution >= 0.6 is 15.9 Å². The van der Waals surface area contributed by atoms with Gasteiger partial charge < -0.3 is 19.5 Å². The van der Waals surface area contributed by atoms with Crippen molar-refractivity contribution in [2.75, 3.05) is 36.4 Å². The van der Waals surface area contributed by atoms with E-state index in [9.17, 15) is 9.59 Å². The van der Waals surface area contributed by atoms with Crippen molar-refractivity contribution in [2.45, 2.75) is 0 Å². The van der Waals surface area contributed by atoms with Gasteiger partial charge in [-0.2, -0.15) is 0 Å². The highest BCUT2D eigenvalue weighted by molar-refractivity contribution is 9.10. The van der Waals surface area contributed by atoms with Gasteiger partial charge >= 0.3 is 0 Å². The van der Waals surface area contributed by atoms with Gasteiger partial charge in [0.25, 0.3) is 11.8 Å². The van der Waals surface area contributed by atoms with Crippen LogP contribution in [-0.4, -0.2) is 42.9 Å². The van der Waals surface area contributed by atoms with Gasteiger partial charge in [-0.1, -0.05) is 40.2 Å². The number of carbonyl (C=O) groups excluding carboxylic acids is 2. The lowest BCUT2D eigenvalue weighted by Gasteiger charge is -2.35. The average Bonchev–Trinajstić information content (AvgIpc) is 3.29. The maximum atomic E-state index is 12.9. The molecule has 6 nitrogen and oxygen atoms in total. The largest absolute Gasteiger partial charge is 0.451 e. The summed E-state index contributed by atoms with van der Waals surface area (Å²) >= 11 is 3.39. The summed E-state index contributed by atoms with van der Waals surface area (Å²) < 4.78 is 6.60. The molecule has 0 bridgehead atoms. The molecule has 1 aliphatic rings. The Morgan fingerprint density at radius 3 is 2.33 bits per heavy atom. The molecule has 0 saturated carbocycles. The minimum Gasteiger partial charge on any atom is -0.451 e. The molecule has 2 heterocycles. The zero-order valence-electron chi connectivity index (χ0n) is 17.8. The smallest absolute Gasteiger partial charge is 0.289 e. The van der Waals surface area contributed by atoms with E-state index in [-0.39, 0.29) is 11.8 Å². The third-order valence-corrected chi connectivity index (χ3v) is 6.27. The standard InChI is InChI=1S/C26H22BrN3O3/c27-20-6-3-5-19(16-20)25(31)28-21-8-10-22(11-9-21)29-12-14-30(15-13-29)26(32)24-17-18-4-1-2-7-23(18)33-24/h1-11,16-17H,12-15H2,(H,28,31). The van der Waals surface area contributed by atoms with Gasteiger partial charge in [0.15, 0.2) is 5.76 Å². The Morgan fingerprint density at radius 1 is 0.848 bits per heavy atom. The Morgan fingerprint density at radius 2 is 1.61 bits per heavy atom. The molecule has 1 aromatic heterocycles. The number of para-hydroxylation sites is 1. The zero-order chi connectivity index (χ0) is 22.8. The minimum atomic E-state index is -0.151. The first-order valence-corrected chi connectivity index (χ1v) is 11.6. The number of hydrogen-bond donors (Lipinski definition) is 1. The third-order valence-electron chi connectivity index (χ3n) is 5.78. The highest BCUT2D eigenvalue weighted by Crippen LogP contribution is 2.23. The summed E-state index contributed by atoms with van der Waals surface area (Å²) in [7, 11) is 0. The van der Waals surface area contributed by atoms with Crippen LogP contribution in [0.1, 0.15) is 20.9 Å². The number of hydrogen-bond acceptors (Lipinski definition) is 4. The first-order chi connectivity index (χ1) is 16.1. The second kappa shape index (κ2) is 9.11. The van der Waals surface area contributed by atoms with E-state index in [1.54, 1.807) is 12.1 Å². The van der Waals surface area contributed by atoms with Crippen LogP contribution in [0.2, 0.25) is 0 Å². The van der Waals surface area contributed by atoms with Crippen molar-refractivity contribution in [3.05, 3.63) is 94.7 Å². The molecule has 4 aromatic rings. The summed E-state index contributed by atoms with van der Waals surface area (Å²) in [6.45, 7) is 2.71. The normalized spacial score (nSPS) is 13.8. The number of nitrogens with zero attached hydrogens (tertiary/aromatic N) is 2. The van der Waals surface area contributed by atoms with Crippen LogP contribution in [0.25, 0.3) is 11.0 Å². The lowest BCUT2D eigenvalue weighted by molar-refractivity contribution is 0.0717. The summed E-state index contributed by atoms with van der Waals surface area (Å²) in [4.78, 5) is 29.4. The van der Waals surface area contributed by atoms with Crippen LogP contribution in [0, 0.1) is 0 Å². The average molecular weight is 504 g/mol. The van der Waals surface area contributed by atoms with Crippen LogP contribution in [-0.2, 0) is 0 Å². The van der Waals surface area contributed by atoms with Crippen molar-refractivity contribution >= 4 is 50.1 Å². The maximum absolute atomic E-state index is 12.9. The van der Waals surface area contributed by atoms with Gasteiger partial charge in [0, 0.05) is 53.0 Å². The number of amides is 2. The van der Waals surface area contributed by atoms with Gasteiger partial charge in [-0.3, -0.25) is 9.59 Å². The van der Waals surface area contributed by atoms with Crippen LogP contribution in [0.3, 0.4) is 0 Å². The van der Waals surface area contributed by atoms with E-state index in [1.165, 1.54) is 0 Å². The Kier molecular flexibility index (Phi) is 5.88. The van der Waals surface area contributed by atoms with Gasteiger partial charge in [0.2, 0.25) is 0 Å². The number of carbonyl (C=O) groups is 2. The Labute approximate surface area is 199 Å². The quantitative estimate of drug-likeness (QED) is 0.404. The Balaban J connectivity index is 1.18. The van der Waals surface area contributed by atoms with E-state index >= 15 is 0 Å². The number of fused-ring (bicyclic) bond motifs is 1. The SMILES string of the molecule is O=C(Nc1ccc(N2CCN(C(=O)c3cc4ccccc4o3)CC2)cc1)c1cccc(Br)c1. The molecular formula is C26H22BrN3O3. The monoisotopic (exact) mass is 503 g/mol. The topological polar surface area (TPSA) is 65.8 Å². The second-order valence-electron chi connectivity index (χ2n) is 7.94. The summed E-state index contributed by atoms with van der Waals surface area (Å²) in [5.41, 5.74) is 3.12. The molecule has 1 fully saturated rings. The third kappa shape index (κ3) is 4.64. The van der Waals surface area contributed by atoms with E-state index in [1.807, 2.05) is 71.6 Å². The summed E-state index contributed by atoms with van der Waals surface area (Å²) in [6, 6.07) is 24.5. The molecule has 1 saturated heterocycles. The highest BCUT2D eigenvalue weighted by atomic mass is 79.9. The van der Waals surface area contributed by atoms with Gasteiger partial charge in [-0.25, -0.2) is 0 Å². The molecule has 3 aromatic carbocycles. The molecule has 0 unspecified atom stereocenters. The van der Waals surface area contributed by atoms with Gasteiger partial charge in [0.05, 0.1) is 0 Å². The minimum absolute atomic E-state index is 0.0727. The lowest BCUT2D eigenvalue weighted by atomic mass is 10.2. The van der Waals surface area contributed by atoms with E-state index in [4.69, 9.17) is 4.42 Å². The molecule has 7 heteroatoms. The molecule has 0 spiro atoms. The lowest BCUT2D eigenvalue weighted by Crippen LogP contribution is -2.48. The van der Waals surface area contributed by atoms with E-state index in [0.29, 0.717) is 24.4 Å².